The lowest BCUT2D eigenvalue weighted by atomic mass is 10.0. The maximum Gasteiger partial charge on any atom is 0.416 e. The van der Waals surface area contributed by atoms with E-state index in [4.69, 9.17) is 9.47 Å². The molecule has 210 valence electrons. The number of fused-ring (bicyclic) bond motifs is 1. The molecule has 0 heterocycles. The zero-order valence-electron chi connectivity index (χ0n) is 21.8. The summed E-state index contributed by atoms with van der Waals surface area (Å²) in [6, 6.07) is 5.21. The van der Waals surface area contributed by atoms with Crippen LogP contribution in [0.15, 0.2) is 30.3 Å². The predicted octanol–water partition coefficient (Wildman–Crippen LogP) is 8.33. The van der Waals surface area contributed by atoms with E-state index < -0.39 is 36.1 Å². The second-order valence-electron chi connectivity index (χ2n) is 9.64. The van der Waals surface area contributed by atoms with Gasteiger partial charge in [-0.1, -0.05) is 32.8 Å². The summed E-state index contributed by atoms with van der Waals surface area (Å²) in [6.45, 7) is 3.50. The van der Waals surface area contributed by atoms with Gasteiger partial charge in [-0.25, -0.2) is 4.79 Å². The van der Waals surface area contributed by atoms with Crippen molar-refractivity contribution in [3.05, 3.63) is 63.7 Å². The quantitative estimate of drug-likeness (QED) is 0.282. The van der Waals surface area contributed by atoms with Crippen LogP contribution in [0.3, 0.4) is 0 Å². The number of hydrogen-bond donors (Lipinski definition) is 0. The summed E-state index contributed by atoms with van der Waals surface area (Å²) in [6.07, 6.45) is -4.70. The minimum Gasteiger partial charge on any atom is -0.490 e. The highest BCUT2D eigenvalue weighted by Gasteiger charge is 2.37. The summed E-state index contributed by atoms with van der Waals surface area (Å²) in [5.41, 5.74) is -0.301. The Bertz CT molecular complexity index is 1070. The number of halogens is 6. The van der Waals surface area contributed by atoms with Crippen LogP contribution in [-0.4, -0.2) is 24.2 Å². The molecule has 0 saturated carbocycles. The monoisotopic (exact) mass is 545 g/mol. The van der Waals surface area contributed by atoms with Crippen molar-refractivity contribution in [2.75, 3.05) is 7.11 Å². The minimum absolute atomic E-state index is 0.0485. The van der Waals surface area contributed by atoms with Gasteiger partial charge in [-0.2, -0.15) is 26.3 Å². The zero-order valence-corrected chi connectivity index (χ0v) is 21.8. The van der Waals surface area contributed by atoms with E-state index in [9.17, 15) is 31.1 Å². The fourth-order valence-electron chi connectivity index (χ4n) is 4.82. The van der Waals surface area contributed by atoms with E-state index >= 15 is 0 Å². The molecule has 0 bridgehead atoms. The van der Waals surface area contributed by atoms with E-state index in [1.54, 1.807) is 0 Å². The molecule has 4 nitrogen and oxygen atoms in total. The number of benzene rings is 2. The average molecular weight is 546 g/mol. The number of alkyl halides is 6. The van der Waals surface area contributed by atoms with Gasteiger partial charge in [0.2, 0.25) is 0 Å². The predicted molar refractivity (Wildman–Crippen MR) is 131 cm³/mol. The zero-order chi connectivity index (χ0) is 28.1. The Labute approximate surface area is 218 Å². The minimum atomic E-state index is -4.99. The van der Waals surface area contributed by atoms with Crippen molar-refractivity contribution in [2.45, 2.75) is 90.3 Å². The average Bonchev–Trinajstić information content (AvgIpc) is 3.29. The Balaban J connectivity index is 2.00. The number of carbonyl (C=O) groups is 1. The van der Waals surface area contributed by atoms with E-state index in [2.05, 4.69) is 13.8 Å². The molecule has 2 aromatic rings. The number of hydrogen-bond acceptors (Lipinski definition) is 3. The number of methoxy groups -OCH3 is 1. The molecule has 0 unspecified atom stereocenters. The first-order valence-corrected chi connectivity index (χ1v) is 12.8. The fraction of sp³-hybridized carbons (Fsp3) is 0.536. The van der Waals surface area contributed by atoms with Crippen LogP contribution >= 0.6 is 0 Å². The molecule has 38 heavy (non-hydrogen) atoms. The number of carbonyl (C=O) groups excluding carboxylic acids is 1. The lowest BCUT2D eigenvalue weighted by Crippen LogP contribution is -2.31. The number of rotatable bonds is 10. The van der Waals surface area contributed by atoms with Crippen LogP contribution < -0.4 is 4.74 Å². The van der Waals surface area contributed by atoms with Gasteiger partial charge in [0.15, 0.2) is 0 Å². The van der Waals surface area contributed by atoms with Gasteiger partial charge in [0.05, 0.1) is 30.9 Å². The smallest absolute Gasteiger partial charge is 0.416 e. The van der Waals surface area contributed by atoms with Crippen molar-refractivity contribution in [3.8, 4) is 5.75 Å². The summed E-state index contributed by atoms with van der Waals surface area (Å²) >= 11 is 0. The largest absolute Gasteiger partial charge is 0.490 e. The van der Waals surface area contributed by atoms with Crippen molar-refractivity contribution in [2.24, 2.45) is 0 Å². The molecule has 0 spiro atoms. The summed E-state index contributed by atoms with van der Waals surface area (Å²) in [7, 11) is 1.11. The molecule has 0 atom stereocenters. The maximum absolute atomic E-state index is 13.4. The lowest BCUT2D eigenvalue weighted by Gasteiger charge is -2.26. The highest BCUT2D eigenvalue weighted by atomic mass is 19.4. The van der Waals surface area contributed by atoms with Crippen LogP contribution in [-0.2, 0) is 43.0 Å². The van der Waals surface area contributed by atoms with Crippen LogP contribution in [0.1, 0.15) is 79.3 Å². The van der Waals surface area contributed by atoms with E-state index in [1.165, 1.54) is 0 Å². The molecule has 0 N–H and O–H groups in total. The van der Waals surface area contributed by atoms with Crippen LogP contribution in [0, 0.1) is 0 Å². The first-order chi connectivity index (χ1) is 17.8. The molecule has 0 aliphatic heterocycles. The molecular weight excluding hydrogens is 512 g/mol. The third kappa shape index (κ3) is 7.57. The third-order valence-corrected chi connectivity index (χ3v) is 6.60. The topological polar surface area (TPSA) is 38.8 Å². The van der Waals surface area contributed by atoms with Crippen molar-refractivity contribution in [3.63, 3.8) is 0 Å². The second kappa shape index (κ2) is 12.3. The van der Waals surface area contributed by atoms with Gasteiger partial charge in [0.25, 0.3) is 0 Å². The van der Waals surface area contributed by atoms with Gasteiger partial charge in [-0.15, -0.1) is 0 Å². The van der Waals surface area contributed by atoms with Gasteiger partial charge >= 0.3 is 18.4 Å². The molecule has 1 aliphatic rings. The van der Waals surface area contributed by atoms with E-state index in [0.717, 1.165) is 68.1 Å². The molecule has 3 rings (SSSR count). The van der Waals surface area contributed by atoms with Crippen LogP contribution in [0.2, 0.25) is 0 Å². The van der Waals surface area contributed by atoms with Crippen molar-refractivity contribution < 1.29 is 40.6 Å². The van der Waals surface area contributed by atoms with Gasteiger partial charge < -0.3 is 9.47 Å². The second-order valence-corrected chi connectivity index (χ2v) is 9.64. The number of nitrogens with zero attached hydrogens (tertiary/aromatic N) is 1. The molecule has 0 radical (unpaired) electrons. The summed E-state index contributed by atoms with van der Waals surface area (Å²) in [5.74, 6) is 0.575. The third-order valence-electron chi connectivity index (χ3n) is 6.60. The molecule has 1 amide bonds. The molecule has 2 aromatic carbocycles. The van der Waals surface area contributed by atoms with Crippen molar-refractivity contribution in [1.82, 2.24) is 4.90 Å². The Morgan fingerprint density at radius 3 is 1.92 bits per heavy atom. The van der Waals surface area contributed by atoms with Crippen LogP contribution in [0.4, 0.5) is 31.1 Å². The Morgan fingerprint density at radius 2 is 1.42 bits per heavy atom. The van der Waals surface area contributed by atoms with Crippen molar-refractivity contribution >= 4 is 6.09 Å². The Hall–Kier alpha value is -2.91. The first kappa shape index (κ1) is 29.6. The van der Waals surface area contributed by atoms with Crippen LogP contribution in [0.25, 0.3) is 0 Å². The molecular formula is C28H33F6NO3. The number of amides is 1. The maximum atomic E-state index is 13.4. The molecule has 0 aromatic heterocycles. The van der Waals surface area contributed by atoms with Gasteiger partial charge in [0.1, 0.15) is 5.75 Å². The van der Waals surface area contributed by atoms with Gasteiger partial charge in [-0.3, -0.25) is 4.90 Å². The summed E-state index contributed by atoms with van der Waals surface area (Å²) in [4.78, 5) is 13.8. The highest BCUT2D eigenvalue weighted by Crippen LogP contribution is 2.37. The molecule has 1 aliphatic carbocycles. The van der Waals surface area contributed by atoms with E-state index in [-0.39, 0.29) is 24.3 Å². The summed E-state index contributed by atoms with van der Waals surface area (Å²) in [5, 5.41) is 0. The summed E-state index contributed by atoms with van der Waals surface area (Å²) < 4.78 is 91.5. The van der Waals surface area contributed by atoms with Gasteiger partial charge in [0, 0.05) is 12.1 Å². The number of aryl methyl sites for hydroxylation is 2. The first-order valence-electron chi connectivity index (χ1n) is 12.8. The van der Waals surface area contributed by atoms with Gasteiger partial charge in [-0.05, 0) is 73.1 Å². The molecule has 0 saturated heterocycles. The Kier molecular flexibility index (Phi) is 9.59. The molecule has 0 fully saturated rings. The Morgan fingerprint density at radius 1 is 0.868 bits per heavy atom. The SMILES string of the molecule is CCCC(CCC)Oc1cc2c(cc1CN(Cc1cc(C(F)(F)F)cc(C(F)(F)F)c1)C(=O)OC)CCC2. The lowest BCUT2D eigenvalue weighted by molar-refractivity contribution is -0.143. The number of ether oxygens (including phenoxy) is 2. The molecule has 10 heteroatoms. The van der Waals surface area contributed by atoms with Crippen molar-refractivity contribution in [1.29, 1.82) is 0 Å². The van der Waals surface area contributed by atoms with E-state index in [0.29, 0.717) is 23.4 Å². The standard InChI is InChI=1S/C28H33F6NO3/c1-4-7-24(8-5-2)38-25-14-20-10-6-9-19(20)13-21(25)17-35(26(36)37-3)16-18-11-22(27(29,30)31)15-23(12-18)28(32,33)34/h11-15,24H,4-10,16-17H2,1-3H3. The fourth-order valence-corrected chi connectivity index (χ4v) is 4.82. The normalized spacial score (nSPS) is 13.5. The highest BCUT2D eigenvalue weighted by molar-refractivity contribution is 5.68. The van der Waals surface area contributed by atoms with Crippen LogP contribution in [0.5, 0.6) is 5.75 Å². The van der Waals surface area contributed by atoms with E-state index in [1.807, 2.05) is 12.1 Å².